The third-order valence-corrected chi connectivity index (χ3v) is 4.81. The fraction of sp³-hybridized carbons (Fsp3) is 0.250. The molecule has 0 radical (unpaired) electrons. The Bertz CT molecular complexity index is 1200. The molecule has 1 unspecified atom stereocenters. The summed E-state index contributed by atoms with van der Waals surface area (Å²) in [7, 11) is 0. The number of benzene rings is 1. The van der Waals surface area contributed by atoms with Crippen LogP contribution in [0.2, 0.25) is 0 Å². The second-order valence-electron chi connectivity index (χ2n) is 6.58. The molecule has 2 aromatic heterocycles. The van der Waals surface area contributed by atoms with E-state index in [0.29, 0.717) is 34.9 Å². The molecular weight excluding hydrogens is 378 g/mol. The van der Waals surface area contributed by atoms with E-state index in [1.165, 1.54) is 0 Å². The third-order valence-electron chi connectivity index (χ3n) is 4.81. The van der Waals surface area contributed by atoms with Gasteiger partial charge in [0.2, 0.25) is 5.88 Å². The summed E-state index contributed by atoms with van der Waals surface area (Å²) in [6.07, 6.45) is 0.517. The van der Waals surface area contributed by atoms with Crippen LogP contribution in [0.1, 0.15) is 35.4 Å². The van der Waals surface area contributed by atoms with Crippen LogP contribution >= 0.6 is 0 Å². The van der Waals surface area contributed by atoms with Crippen molar-refractivity contribution in [1.82, 2.24) is 14.5 Å². The first-order chi connectivity index (χ1) is 13.9. The second-order valence-corrected chi connectivity index (χ2v) is 6.58. The molecule has 1 aliphatic rings. The lowest BCUT2D eigenvalue weighted by atomic mass is 10.00. The largest absolute Gasteiger partial charge is 0.506 e. The zero-order chi connectivity index (χ0) is 20.7. The molecule has 0 fully saturated rings. The average molecular weight is 397 g/mol. The summed E-state index contributed by atoms with van der Waals surface area (Å²) < 4.78 is 12.0. The smallest absolute Gasteiger partial charge is 0.335 e. The zero-order valence-corrected chi connectivity index (χ0v) is 15.8. The maximum Gasteiger partial charge on any atom is 0.335 e. The third kappa shape index (κ3) is 3.05. The highest BCUT2D eigenvalue weighted by Crippen LogP contribution is 2.42. The minimum atomic E-state index is -1.04. The summed E-state index contributed by atoms with van der Waals surface area (Å²) >= 11 is 0. The molecule has 29 heavy (non-hydrogen) atoms. The van der Waals surface area contributed by atoms with E-state index in [4.69, 9.17) is 9.47 Å². The first-order valence-corrected chi connectivity index (χ1v) is 9.02. The van der Waals surface area contributed by atoms with E-state index in [9.17, 15) is 19.8 Å². The molecule has 0 bridgehead atoms. The Labute approximate surface area is 164 Å². The maximum absolute atomic E-state index is 12.6. The molecule has 0 spiro atoms. The van der Waals surface area contributed by atoms with Crippen molar-refractivity contribution in [2.24, 2.45) is 0 Å². The Hall–Kier alpha value is -3.59. The van der Waals surface area contributed by atoms with Crippen molar-refractivity contribution < 1.29 is 19.7 Å². The number of pyridine rings is 1. The van der Waals surface area contributed by atoms with Gasteiger partial charge < -0.3 is 19.7 Å². The predicted molar refractivity (Wildman–Crippen MR) is 103 cm³/mol. The van der Waals surface area contributed by atoms with Gasteiger partial charge in [0.05, 0.1) is 24.6 Å². The Morgan fingerprint density at radius 1 is 1.24 bits per heavy atom. The predicted octanol–water partition coefficient (Wildman–Crippen LogP) is 1.66. The summed E-state index contributed by atoms with van der Waals surface area (Å²) in [5.41, 5.74) is -0.0870. The number of aromatic amines is 1. The molecule has 3 aromatic rings. The Kier molecular flexibility index (Phi) is 4.59. The molecule has 3 N–H and O–H groups in total. The van der Waals surface area contributed by atoms with Crippen molar-refractivity contribution in [3.63, 3.8) is 0 Å². The van der Waals surface area contributed by atoms with Crippen molar-refractivity contribution >= 4 is 0 Å². The van der Waals surface area contributed by atoms with Gasteiger partial charge in [0, 0.05) is 17.3 Å². The van der Waals surface area contributed by atoms with Crippen LogP contribution < -0.4 is 16.0 Å². The van der Waals surface area contributed by atoms with Crippen LogP contribution in [-0.4, -0.2) is 31.4 Å². The SMILES string of the molecule is CCOc1ccc(-n2c(O)c(C3OCc4cnc(C)c(O)c43)c(=O)[nH]c2=O)cc1. The molecule has 4 rings (SSSR count). The van der Waals surface area contributed by atoms with Crippen molar-refractivity contribution in [3.05, 3.63) is 73.7 Å². The monoisotopic (exact) mass is 397 g/mol. The highest BCUT2D eigenvalue weighted by atomic mass is 16.5. The number of hydrogen-bond acceptors (Lipinski definition) is 7. The van der Waals surface area contributed by atoms with Crippen molar-refractivity contribution in [1.29, 1.82) is 0 Å². The number of rotatable bonds is 4. The number of nitrogens with zero attached hydrogens (tertiary/aromatic N) is 2. The summed E-state index contributed by atoms with van der Waals surface area (Å²) in [6.45, 7) is 4.08. The van der Waals surface area contributed by atoms with Gasteiger partial charge in [-0.3, -0.25) is 14.8 Å². The molecule has 1 aromatic carbocycles. The fourth-order valence-electron chi connectivity index (χ4n) is 3.42. The van der Waals surface area contributed by atoms with Gasteiger partial charge in [0.15, 0.2) is 0 Å². The summed E-state index contributed by atoms with van der Waals surface area (Å²) in [6, 6.07) is 6.47. The first-order valence-electron chi connectivity index (χ1n) is 9.02. The summed E-state index contributed by atoms with van der Waals surface area (Å²) in [4.78, 5) is 31.3. The molecule has 3 heterocycles. The quantitative estimate of drug-likeness (QED) is 0.611. The number of hydrogen-bond donors (Lipinski definition) is 3. The topological polar surface area (TPSA) is 127 Å². The van der Waals surface area contributed by atoms with Gasteiger partial charge in [-0.2, -0.15) is 0 Å². The zero-order valence-electron chi connectivity index (χ0n) is 15.8. The normalized spacial score (nSPS) is 15.3. The van der Waals surface area contributed by atoms with E-state index >= 15 is 0 Å². The van der Waals surface area contributed by atoms with Gasteiger partial charge in [-0.1, -0.05) is 0 Å². The van der Waals surface area contributed by atoms with Crippen LogP contribution in [0.5, 0.6) is 17.4 Å². The molecule has 150 valence electrons. The van der Waals surface area contributed by atoms with E-state index in [1.807, 2.05) is 6.92 Å². The van der Waals surface area contributed by atoms with E-state index in [2.05, 4.69) is 9.97 Å². The highest BCUT2D eigenvalue weighted by molar-refractivity contribution is 5.50. The fourth-order valence-corrected chi connectivity index (χ4v) is 3.42. The number of H-pyrrole nitrogens is 1. The Morgan fingerprint density at radius 2 is 1.97 bits per heavy atom. The number of fused-ring (bicyclic) bond motifs is 1. The average Bonchev–Trinajstić information content (AvgIpc) is 3.10. The van der Waals surface area contributed by atoms with Gasteiger partial charge in [0.1, 0.15) is 23.2 Å². The van der Waals surface area contributed by atoms with Crippen LogP contribution in [0.15, 0.2) is 40.1 Å². The van der Waals surface area contributed by atoms with Crippen LogP contribution in [0.4, 0.5) is 0 Å². The van der Waals surface area contributed by atoms with Crippen LogP contribution in [0, 0.1) is 6.92 Å². The van der Waals surface area contributed by atoms with Crippen LogP contribution in [-0.2, 0) is 11.3 Å². The molecular formula is C20H19N3O6. The number of aromatic hydroxyl groups is 2. The van der Waals surface area contributed by atoms with E-state index < -0.39 is 23.2 Å². The second kappa shape index (κ2) is 7.10. The van der Waals surface area contributed by atoms with Gasteiger partial charge >= 0.3 is 5.69 Å². The van der Waals surface area contributed by atoms with Gasteiger partial charge in [0.25, 0.3) is 5.56 Å². The Balaban J connectivity index is 1.88. The summed E-state index contributed by atoms with van der Waals surface area (Å²) in [5, 5.41) is 21.3. The van der Waals surface area contributed by atoms with E-state index in [0.717, 1.165) is 4.57 Å². The molecule has 1 aliphatic heterocycles. The van der Waals surface area contributed by atoms with Gasteiger partial charge in [-0.25, -0.2) is 9.36 Å². The number of ether oxygens (including phenoxy) is 2. The van der Waals surface area contributed by atoms with Crippen molar-refractivity contribution in [2.75, 3.05) is 6.61 Å². The van der Waals surface area contributed by atoms with Crippen molar-refractivity contribution in [3.8, 4) is 23.1 Å². The lowest BCUT2D eigenvalue weighted by molar-refractivity contribution is 0.0891. The molecule has 0 amide bonds. The first kappa shape index (κ1) is 18.8. The molecule has 0 aliphatic carbocycles. The maximum atomic E-state index is 12.6. The lowest BCUT2D eigenvalue weighted by Gasteiger charge is -2.17. The van der Waals surface area contributed by atoms with Crippen molar-refractivity contribution in [2.45, 2.75) is 26.6 Å². The molecule has 0 saturated carbocycles. The van der Waals surface area contributed by atoms with Crippen LogP contribution in [0.3, 0.4) is 0 Å². The van der Waals surface area contributed by atoms with Gasteiger partial charge in [-0.05, 0) is 38.1 Å². The van der Waals surface area contributed by atoms with Crippen LogP contribution in [0.25, 0.3) is 5.69 Å². The minimum Gasteiger partial charge on any atom is -0.506 e. The van der Waals surface area contributed by atoms with E-state index in [-0.39, 0.29) is 17.9 Å². The molecule has 9 nitrogen and oxygen atoms in total. The number of aromatic nitrogens is 3. The molecule has 0 saturated heterocycles. The van der Waals surface area contributed by atoms with Gasteiger partial charge in [-0.15, -0.1) is 0 Å². The number of aryl methyl sites for hydroxylation is 1. The standard InChI is InChI=1S/C20H19N3O6/c1-3-28-13-6-4-12(5-7-13)23-19(26)15(18(25)22-20(23)27)17-14-11(9-29-17)8-21-10(2)16(14)24/h4-8,17,24,26H,3,9H2,1-2H3,(H,22,25,27). The minimum absolute atomic E-state index is 0.109. The van der Waals surface area contributed by atoms with E-state index in [1.54, 1.807) is 37.4 Å². The Morgan fingerprint density at radius 3 is 2.66 bits per heavy atom. The summed E-state index contributed by atoms with van der Waals surface area (Å²) in [5.74, 6) is -0.0633. The lowest BCUT2D eigenvalue weighted by Crippen LogP contribution is -2.32. The number of nitrogens with one attached hydrogen (secondary N) is 1. The molecule has 1 atom stereocenters. The highest BCUT2D eigenvalue weighted by Gasteiger charge is 2.35. The molecule has 9 heteroatoms.